The zero-order chi connectivity index (χ0) is 17.8. The second-order valence-electron chi connectivity index (χ2n) is 5.61. The molecule has 0 saturated heterocycles. The van der Waals surface area contributed by atoms with Crippen molar-refractivity contribution < 1.29 is 9.53 Å². The maximum atomic E-state index is 11.8. The minimum Gasteiger partial charge on any atom is -0.383 e. The Morgan fingerprint density at radius 3 is 3.00 bits per heavy atom. The molecule has 0 aromatic carbocycles. The van der Waals surface area contributed by atoms with Gasteiger partial charge in [-0.05, 0) is 24.8 Å². The summed E-state index contributed by atoms with van der Waals surface area (Å²) in [5, 5.41) is 13.3. The number of rotatable bonds is 7. The van der Waals surface area contributed by atoms with Crippen LogP contribution in [-0.4, -0.2) is 45.9 Å². The van der Waals surface area contributed by atoms with Crippen LogP contribution in [-0.2, 0) is 16.1 Å². The van der Waals surface area contributed by atoms with Crippen LogP contribution in [0.15, 0.2) is 17.8 Å². The highest BCUT2D eigenvalue weighted by Gasteiger charge is 2.12. The summed E-state index contributed by atoms with van der Waals surface area (Å²) in [5.41, 5.74) is 1.90. The SMILES string of the molecule is COCCNC(=O)Cn1cc(Nc2nc(C)nc3scc(C)c23)cn1. The molecule has 0 aliphatic heterocycles. The molecule has 0 bridgehead atoms. The molecule has 0 fully saturated rings. The molecule has 0 saturated carbocycles. The van der Waals surface area contributed by atoms with Crippen molar-refractivity contribution in [3.8, 4) is 0 Å². The van der Waals surface area contributed by atoms with E-state index in [0.717, 1.165) is 27.3 Å². The average Bonchev–Trinajstić information content (AvgIpc) is 3.14. The predicted octanol–water partition coefficient (Wildman–Crippen LogP) is 2.01. The fourth-order valence-corrected chi connectivity index (χ4v) is 3.39. The summed E-state index contributed by atoms with van der Waals surface area (Å²) in [6.45, 7) is 5.03. The van der Waals surface area contributed by atoms with Crippen molar-refractivity contribution in [3.05, 3.63) is 29.2 Å². The van der Waals surface area contributed by atoms with Gasteiger partial charge in [0.25, 0.3) is 0 Å². The number of carbonyl (C=O) groups is 1. The van der Waals surface area contributed by atoms with Crippen LogP contribution >= 0.6 is 11.3 Å². The van der Waals surface area contributed by atoms with Crippen LogP contribution in [0.25, 0.3) is 10.2 Å². The van der Waals surface area contributed by atoms with E-state index < -0.39 is 0 Å². The van der Waals surface area contributed by atoms with Crippen LogP contribution in [0.2, 0.25) is 0 Å². The number of fused-ring (bicyclic) bond motifs is 1. The Hall–Kier alpha value is -2.52. The van der Waals surface area contributed by atoms with Crippen molar-refractivity contribution in [1.29, 1.82) is 0 Å². The molecule has 0 aliphatic rings. The Morgan fingerprint density at radius 2 is 2.20 bits per heavy atom. The number of ether oxygens (including phenoxy) is 1. The monoisotopic (exact) mass is 360 g/mol. The molecule has 3 heterocycles. The van der Waals surface area contributed by atoms with Crippen LogP contribution in [0.5, 0.6) is 0 Å². The van der Waals surface area contributed by atoms with Crippen molar-refractivity contribution in [2.75, 3.05) is 25.6 Å². The van der Waals surface area contributed by atoms with Gasteiger partial charge in [-0.3, -0.25) is 9.48 Å². The number of hydrogen-bond acceptors (Lipinski definition) is 7. The first-order chi connectivity index (χ1) is 12.1. The number of carbonyl (C=O) groups excluding carboxylic acids is 1. The number of aryl methyl sites for hydroxylation is 2. The summed E-state index contributed by atoms with van der Waals surface area (Å²) in [4.78, 5) is 21.7. The number of aromatic nitrogens is 4. The van der Waals surface area contributed by atoms with Crippen molar-refractivity contribution in [1.82, 2.24) is 25.1 Å². The van der Waals surface area contributed by atoms with Crippen LogP contribution in [0.3, 0.4) is 0 Å². The fraction of sp³-hybridized carbons (Fsp3) is 0.375. The van der Waals surface area contributed by atoms with Crippen molar-refractivity contribution in [2.45, 2.75) is 20.4 Å². The molecule has 2 N–H and O–H groups in total. The van der Waals surface area contributed by atoms with E-state index in [1.54, 1.807) is 35.5 Å². The largest absolute Gasteiger partial charge is 0.383 e. The Kier molecular flexibility index (Phi) is 5.25. The maximum Gasteiger partial charge on any atom is 0.241 e. The summed E-state index contributed by atoms with van der Waals surface area (Å²) in [5.74, 6) is 1.35. The Labute approximate surface area is 149 Å². The zero-order valence-electron chi connectivity index (χ0n) is 14.4. The molecule has 3 aromatic heterocycles. The first-order valence-corrected chi connectivity index (χ1v) is 8.72. The Bertz CT molecular complexity index is 888. The van der Waals surface area contributed by atoms with Crippen molar-refractivity contribution >= 4 is 39.0 Å². The van der Waals surface area contributed by atoms with Crippen LogP contribution in [0.1, 0.15) is 11.4 Å². The molecule has 0 radical (unpaired) electrons. The Morgan fingerprint density at radius 1 is 1.36 bits per heavy atom. The van der Waals surface area contributed by atoms with E-state index >= 15 is 0 Å². The van der Waals surface area contributed by atoms with E-state index in [2.05, 4.69) is 31.1 Å². The summed E-state index contributed by atoms with van der Waals surface area (Å²) in [7, 11) is 1.60. The molecule has 3 aromatic rings. The number of thiophene rings is 1. The number of methoxy groups -OCH3 is 1. The quantitative estimate of drug-likeness (QED) is 0.626. The molecule has 0 unspecified atom stereocenters. The van der Waals surface area contributed by atoms with Gasteiger partial charge >= 0.3 is 0 Å². The summed E-state index contributed by atoms with van der Waals surface area (Å²) in [6.07, 6.45) is 3.45. The summed E-state index contributed by atoms with van der Waals surface area (Å²) < 4.78 is 6.48. The zero-order valence-corrected chi connectivity index (χ0v) is 15.2. The van der Waals surface area contributed by atoms with Gasteiger partial charge in [-0.1, -0.05) is 0 Å². The number of amides is 1. The van der Waals surface area contributed by atoms with Crippen molar-refractivity contribution in [2.24, 2.45) is 0 Å². The molecule has 25 heavy (non-hydrogen) atoms. The molecule has 0 atom stereocenters. The van der Waals surface area contributed by atoms with Gasteiger partial charge in [-0.2, -0.15) is 5.10 Å². The number of hydrogen-bond donors (Lipinski definition) is 2. The highest BCUT2D eigenvalue weighted by Crippen LogP contribution is 2.30. The topological polar surface area (TPSA) is 94.0 Å². The van der Waals surface area contributed by atoms with Gasteiger partial charge in [0.2, 0.25) is 5.91 Å². The molecule has 8 nitrogen and oxygen atoms in total. The number of nitrogens with zero attached hydrogens (tertiary/aromatic N) is 4. The molecule has 9 heteroatoms. The van der Waals surface area contributed by atoms with Gasteiger partial charge in [-0.15, -0.1) is 11.3 Å². The number of anilines is 2. The Balaban J connectivity index is 1.72. The first-order valence-electron chi connectivity index (χ1n) is 7.84. The minimum absolute atomic E-state index is 0.111. The second-order valence-corrected chi connectivity index (χ2v) is 6.47. The van der Waals surface area contributed by atoms with Gasteiger partial charge in [0.05, 0.1) is 23.9 Å². The van der Waals surface area contributed by atoms with E-state index in [4.69, 9.17) is 4.74 Å². The maximum absolute atomic E-state index is 11.8. The van der Waals surface area contributed by atoms with E-state index in [0.29, 0.717) is 19.0 Å². The number of nitrogens with one attached hydrogen (secondary N) is 2. The predicted molar refractivity (Wildman–Crippen MR) is 97.3 cm³/mol. The van der Waals surface area contributed by atoms with Gasteiger partial charge in [0, 0.05) is 19.9 Å². The molecule has 0 spiro atoms. The highest BCUT2D eigenvalue weighted by molar-refractivity contribution is 7.17. The highest BCUT2D eigenvalue weighted by atomic mass is 32.1. The summed E-state index contributed by atoms with van der Waals surface area (Å²) >= 11 is 1.60. The average molecular weight is 360 g/mol. The molecule has 0 aliphatic carbocycles. The molecular weight excluding hydrogens is 340 g/mol. The van der Waals surface area contributed by atoms with E-state index in [9.17, 15) is 4.79 Å². The molecule has 3 rings (SSSR count). The second kappa shape index (κ2) is 7.58. The lowest BCUT2D eigenvalue weighted by atomic mass is 10.2. The van der Waals surface area contributed by atoms with Crippen LogP contribution < -0.4 is 10.6 Å². The lowest BCUT2D eigenvalue weighted by Gasteiger charge is -2.06. The van der Waals surface area contributed by atoms with E-state index in [1.807, 2.05) is 13.8 Å². The van der Waals surface area contributed by atoms with Crippen molar-refractivity contribution in [3.63, 3.8) is 0 Å². The third-order valence-corrected chi connectivity index (χ3v) is 4.55. The van der Waals surface area contributed by atoms with Crippen LogP contribution in [0, 0.1) is 13.8 Å². The van der Waals surface area contributed by atoms with Gasteiger partial charge in [0.1, 0.15) is 23.0 Å². The summed E-state index contributed by atoms with van der Waals surface area (Å²) in [6, 6.07) is 0. The lowest BCUT2D eigenvalue weighted by Crippen LogP contribution is -2.30. The first kappa shape index (κ1) is 17.3. The smallest absolute Gasteiger partial charge is 0.241 e. The van der Waals surface area contributed by atoms with Crippen LogP contribution in [0.4, 0.5) is 11.5 Å². The molecule has 1 amide bonds. The van der Waals surface area contributed by atoms with E-state index in [-0.39, 0.29) is 12.5 Å². The molecular formula is C16H20N6O2S. The molecule has 132 valence electrons. The third kappa shape index (κ3) is 4.12. The minimum atomic E-state index is -0.111. The lowest BCUT2D eigenvalue weighted by molar-refractivity contribution is -0.122. The van der Waals surface area contributed by atoms with Gasteiger partial charge < -0.3 is 15.4 Å². The standard InChI is InChI=1S/C16H20N6O2S/c1-10-9-25-16-14(10)15(19-11(2)20-16)21-12-6-18-22(7-12)8-13(23)17-4-5-24-3/h6-7,9H,4-5,8H2,1-3H3,(H,17,23)(H,19,20,21). The van der Waals surface area contributed by atoms with Gasteiger partial charge in [-0.25, -0.2) is 9.97 Å². The third-order valence-electron chi connectivity index (χ3n) is 3.56. The fourth-order valence-electron chi connectivity index (χ4n) is 2.43. The van der Waals surface area contributed by atoms with E-state index in [1.165, 1.54) is 0 Å². The normalized spacial score (nSPS) is 11.0. The van der Waals surface area contributed by atoms with Gasteiger partial charge in [0.15, 0.2) is 0 Å².